The van der Waals surface area contributed by atoms with Crippen LogP contribution in [0.5, 0.6) is 0 Å². The lowest BCUT2D eigenvalue weighted by molar-refractivity contribution is -0.139. The van der Waals surface area contributed by atoms with Crippen LogP contribution in [0.1, 0.15) is 24.0 Å². The minimum Gasteiger partial charge on any atom is -0.481 e. The van der Waals surface area contributed by atoms with Gasteiger partial charge in [0.2, 0.25) is 0 Å². The van der Waals surface area contributed by atoms with Crippen molar-refractivity contribution in [1.29, 1.82) is 0 Å². The maximum atomic E-state index is 12.8. The Balaban J connectivity index is 2.30. The second-order valence-electron chi connectivity index (χ2n) is 5.40. The summed E-state index contributed by atoms with van der Waals surface area (Å²) >= 11 is 0. The van der Waals surface area contributed by atoms with E-state index in [1.165, 1.54) is 25.1 Å². The summed E-state index contributed by atoms with van der Waals surface area (Å²) in [5, 5.41) is 9.12. The molecule has 0 saturated heterocycles. The van der Waals surface area contributed by atoms with E-state index in [1.807, 2.05) is 0 Å². The average Bonchev–Trinajstić information content (AvgIpc) is 2.53. The second-order valence-corrected chi connectivity index (χ2v) is 5.40. The lowest BCUT2D eigenvalue weighted by Gasteiger charge is -2.10. The van der Waals surface area contributed by atoms with Crippen LogP contribution in [0.25, 0.3) is 16.6 Å². The van der Waals surface area contributed by atoms with E-state index in [-0.39, 0.29) is 11.0 Å². The first-order valence-corrected chi connectivity index (χ1v) is 6.94. The van der Waals surface area contributed by atoms with Crippen LogP contribution in [0.3, 0.4) is 0 Å². The van der Waals surface area contributed by atoms with Gasteiger partial charge in [0, 0.05) is 6.20 Å². The molecule has 1 unspecified atom stereocenters. The predicted octanol–water partition coefficient (Wildman–Crippen LogP) is 3.05. The van der Waals surface area contributed by atoms with Gasteiger partial charge in [0.15, 0.2) is 0 Å². The molecule has 2 aromatic heterocycles. The fraction of sp³-hybridized carbons (Fsp3) is 0.188. The topological polar surface area (TPSA) is 71.7 Å². The number of nitrogens with zero attached hydrogens (tertiary/aromatic N) is 2. The Labute approximate surface area is 133 Å². The van der Waals surface area contributed by atoms with Crippen molar-refractivity contribution in [2.75, 3.05) is 0 Å². The molecule has 1 N–H and O–H groups in total. The van der Waals surface area contributed by atoms with Crippen LogP contribution < -0.4 is 5.56 Å². The van der Waals surface area contributed by atoms with Crippen molar-refractivity contribution in [3.8, 4) is 0 Å². The molecule has 1 aromatic carbocycles. The van der Waals surface area contributed by atoms with Crippen LogP contribution in [-0.4, -0.2) is 20.5 Å². The average molecular weight is 336 g/mol. The highest BCUT2D eigenvalue weighted by Crippen LogP contribution is 2.29. The monoisotopic (exact) mass is 336 g/mol. The molecule has 0 fully saturated rings. The van der Waals surface area contributed by atoms with Crippen LogP contribution in [0.4, 0.5) is 13.2 Å². The smallest absolute Gasteiger partial charge is 0.417 e. The zero-order chi connectivity index (χ0) is 17.6. The lowest BCUT2D eigenvalue weighted by atomic mass is 10.00. The van der Waals surface area contributed by atoms with Gasteiger partial charge >= 0.3 is 12.1 Å². The summed E-state index contributed by atoms with van der Waals surface area (Å²) in [5.74, 6) is -1.92. The second kappa shape index (κ2) is 5.33. The molecule has 1 atom stereocenters. The first-order chi connectivity index (χ1) is 11.2. The van der Waals surface area contributed by atoms with E-state index in [9.17, 15) is 22.8 Å². The Morgan fingerprint density at radius 2 is 1.96 bits per heavy atom. The molecule has 0 radical (unpaired) electrons. The standard InChI is InChI=1S/C16H11F3N2O3/c1-8(15(23)24)9-2-4-12-11(6-9)14(22)21-7-10(16(17,18)19)3-5-13(21)20-12/h2-8H,1H3,(H,23,24). The number of fused-ring (bicyclic) bond motifs is 2. The number of hydrogen-bond acceptors (Lipinski definition) is 3. The molecule has 2 heterocycles. The number of alkyl halides is 3. The molecule has 3 aromatic rings. The minimum absolute atomic E-state index is 0.0671. The quantitative estimate of drug-likeness (QED) is 0.730. The minimum atomic E-state index is -4.58. The third-order valence-corrected chi connectivity index (χ3v) is 3.83. The van der Waals surface area contributed by atoms with Crippen molar-refractivity contribution in [2.24, 2.45) is 0 Å². The Hall–Kier alpha value is -2.90. The number of pyridine rings is 1. The molecule has 0 spiro atoms. The van der Waals surface area contributed by atoms with E-state index in [2.05, 4.69) is 4.98 Å². The molecule has 0 aliphatic heterocycles. The zero-order valence-corrected chi connectivity index (χ0v) is 12.3. The van der Waals surface area contributed by atoms with E-state index in [0.717, 1.165) is 16.5 Å². The summed E-state index contributed by atoms with van der Waals surface area (Å²) in [6.45, 7) is 1.46. The highest BCUT2D eigenvalue weighted by Gasteiger charge is 2.31. The van der Waals surface area contributed by atoms with Crippen molar-refractivity contribution in [3.05, 3.63) is 58.0 Å². The number of aliphatic carboxylic acids is 1. The molecular formula is C16H11F3N2O3. The maximum Gasteiger partial charge on any atom is 0.417 e. The largest absolute Gasteiger partial charge is 0.481 e. The Bertz CT molecular complexity index is 1020. The molecule has 24 heavy (non-hydrogen) atoms. The van der Waals surface area contributed by atoms with Crippen LogP contribution >= 0.6 is 0 Å². The fourth-order valence-electron chi connectivity index (χ4n) is 2.40. The summed E-state index contributed by atoms with van der Waals surface area (Å²) in [5.41, 5.74) is -0.893. The number of carbonyl (C=O) groups is 1. The van der Waals surface area contributed by atoms with Gasteiger partial charge in [-0.25, -0.2) is 4.98 Å². The van der Waals surface area contributed by atoms with Crippen molar-refractivity contribution >= 4 is 22.5 Å². The highest BCUT2D eigenvalue weighted by molar-refractivity contribution is 5.83. The molecule has 0 bridgehead atoms. The van der Waals surface area contributed by atoms with E-state index < -0.39 is 29.2 Å². The number of carboxylic acid groups (broad SMARTS) is 1. The molecule has 0 aliphatic carbocycles. The van der Waals surface area contributed by atoms with Gasteiger partial charge in [0.25, 0.3) is 5.56 Å². The molecule has 0 saturated carbocycles. The third kappa shape index (κ3) is 2.60. The molecular weight excluding hydrogens is 325 g/mol. The molecule has 8 heteroatoms. The van der Waals surface area contributed by atoms with Crippen molar-refractivity contribution in [1.82, 2.24) is 9.38 Å². The van der Waals surface area contributed by atoms with Crippen LogP contribution in [0, 0.1) is 0 Å². The Kier molecular flexibility index (Phi) is 3.55. The normalized spacial score (nSPS) is 13.3. The van der Waals surface area contributed by atoms with Gasteiger partial charge in [0.05, 0.1) is 22.4 Å². The highest BCUT2D eigenvalue weighted by atomic mass is 19.4. The number of aromatic nitrogens is 2. The zero-order valence-electron chi connectivity index (χ0n) is 12.3. The molecule has 3 rings (SSSR count). The van der Waals surface area contributed by atoms with Gasteiger partial charge in [-0.05, 0) is 36.8 Å². The molecule has 5 nitrogen and oxygen atoms in total. The van der Waals surface area contributed by atoms with Gasteiger partial charge in [-0.2, -0.15) is 13.2 Å². The molecule has 124 valence electrons. The lowest BCUT2D eigenvalue weighted by Crippen LogP contribution is -2.18. The number of hydrogen-bond donors (Lipinski definition) is 1. The summed E-state index contributed by atoms with van der Waals surface area (Å²) in [4.78, 5) is 27.7. The first-order valence-electron chi connectivity index (χ1n) is 6.94. The Morgan fingerprint density at radius 1 is 1.25 bits per heavy atom. The third-order valence-electron chi connectivity index (χ3n) is 3.83. The van der Waals surface area contributed by atoms with Gasteiger partial charge in [-0.1, -0.05) is 6.07 Å². The fourth-order valence-corrected chi connectivity index (χ4v) is 2.40. The number of benzene rings is 1. The van der Waals surface area contributed by atoms with Gasteiger partial charge < -0.3 is 5.11 Å². The number of carboxylic acids is 1. The maximum absolute atomic E-state index is 12.8. The Morgan fingerprint density at radius 3 is 2.58 bits per heavy atom. The van der Waals surface area contributed by atoms with Gasteiger partial charge in [-0.15, -0.1) is 0 Å². The summed E-state index contributed by atoms with van der Waals surface area (Å²) in [6, 6.07) is 6.36. The van der Waals surface area contributed by atoms with Crippen molar-refractivity contribution in [2.45, 2.75) is 19.0 Å². The summed E-state index contributed by atoms with van der Waals surface area (Å²) in [7, 11) is 0. The van der Waals surface area contributed by atoms with Crippen LogP contribution in [-0.2, 0) is 11.0 Å². The van der Waals surface area contributed by atoms with E-state index in [4.69, 9.17) is 5.11 Å². The number of rotatable bonds is 2. The van der Waals surface area contributed by atoms with Crippen molar-refractivity contribution in [3.63, 3.8) is 0 Å². The SMILES string of the molecule is CC(C(=O)O)c1ccc2nc3ccc(C(F)(F)F)cn3c(=O)c2c1. The number of halogens is 3. The van der Waals surface area contributed by atoms with Gasteiger partial charge in [0.1, 0.15) is 5.65 Å². The first kappa shape index (κ1) is 16.0. The summed E-state index contributed by atoms with van der Waals surface area (Å²) < 4.78 is 39.3. The predicted molar refractivity (Wildman–Crippen MR) is 80.0 cm³/mol. The van der Waals surface area contributed by atoms with Crippen LogP contribution in [0.2, 0.25) is 0 Å². The molecule has 0 aliphatic rings. The van der Waals surface area contributed by atoms with E-state index in [1.54, 1.807) is 0 Å². The summed E-state index contributed by atoms with van der Waals surface area (Å²) in [6.07, 6.45) is -3.89. The van der Waals surface area contributed by atoms with Crippen molar-refractivity contribution < 1.29 is 23.1 Å². The van der Waals surface area contributed by atoms with Gasteiger partial charge in [-0.3, -0.25) is 14.0 Å². The van der Waals surface area contributed by atoms with E-state index >= 15 is 0 Å². The van der Waals surface area contributed by atoms with Crippen LogP contribution in [0.15, 0.2) is 41.3 Å². The van der Waals surface area contributed by atoms with E-state index in [0.29, 0.717) is 17.3 Å². The molecule has 0 amide bonds.